The molecule has 2 N–H and O–H groups in total. The monoisotopic (exact) mass is 457 g/mol. The second-order valence-electron chi connectivity index (χ2n) is 7.53. The number of methoxy groups -OCH3 is 1. The fraction of sp³-hybridized carbons (Fsp3) is 0.304. The van der Waals surface area contributed by atoms with E-state index in [-0.39, 0.29) is 11.7 Å². The largest absolute Gasteiger partial charge is 0.497 e. The molecule has 2 aromatic carbocycles. The number of nitrogens with zero attached hydrogens (tertiary/aromatic N) is 1. The number of H-pyrrole nitrogens is 1. The van der Waals surface area contributed by atoms with E-state index in [2.05, 4.69) is 10.3 Å². The summed E-state index contributed by atoms with van der Waals surface area (Å²) in [6.45, 7) is 1.71. The zero-order chi connectivity index (χ0) is 21.8. The average Bonchev–Trinajstić information content (AvgIpc) is 3.26. The van der Waals surface area contributed by atoms with Crippen LogP contribution in [-0.2, 0) is 11.3 Å². The third-order valence-corrected chi connectivity index (χ3v) is 5.90. The van der Waals surface area contributed by atoms with Crippen LogP contribution in [0, 0.1) is 0 Å². The van der Waals surface area contributed by atoms with Crippen LogP contribution >= 0.6 is 23.8 Å². The number of anilines is 1. The molecule has 1 aromatic heterocycles. The number of aromatic amines is 1. The number of hydrogen-bond acceptors (Lipinski definition) is 4. The summed E-state index contributed by atoms with van der Waals surface area (Å²) in [4.78, 5) is 17.7. The van der Waals surface area contributed by atoms with Crippen LogP contribution in [-0.4, -0.2) is 41.4 Å². The molecule has 6 nitrogen and oxygen atoms in total. The van der Waals surface area contributed by atoms with Crippen molar-refractivity contribution in [2.75, 3.05) is 25.6 Å². The number of nitrogens with one attached hydrogen (secondary N) is 2. The lowest BCUT2D eigenvalue weighted by Crippen LogP contribution is -2.40. The Hall–Kier alpha value is -2.61. The summed E-state index contributed by atoms with van der Waals surface area (Å²) in [6.07, 6.45) is 2.09. The summed E-state index contributed by atoms with van der Waals surface area (Å²) in [5, 5.41) is 5.28. The van der Waals surface area contributed by atoms with Crippen molar-refractivity contribution in [3.05, 3.63) is 69.5 Å². The van der Waals surface area contributed by atoms with Crippen molar-refractivity contribution in [2.45, 2.75) is 25.5 Å². The van der Waals surface area contributed by atoms with Crippen molar-refractivity contribution >= 4 is 45.5 Å². The first kappa shape index (κ1) is 21.6. The molecule has 0 aliphatic carbocycles. The minimum Gasteiger partial charge on any atom is -0.497 e. The molecule has 4 rings (SSSR count). The van der Waals surface area contributed by atoms with Gasteiger partial charge in [-0.2, -0.15) is 0 Å². The number of halogens is 1. The number of rotatable bonds is 6. The van der Waals surface area contributed by atoms with E-state index in [1.54, 1.807) is 7.11 Å². The standard InChI is InChI=1S/C23H24ClN3O3S/c1-29-19-7-8-21-15(11-19)10-16(22(28)26-21)13-27(14-20-6-3-9-30-20)23(31)25-18-5-2-4-17(24)12-18/h2,4-5,7-8,10-12,20H,3,6,9,13-14H2,1H3,(H,25,31)(H,26,28). The quantitative estimate of drug-likeness (QED) is 0.528. The first-order chi connectivity index (χ1) is 15.0. The molecule has 1 saturated heterocycles. The van der Waals surface area contributed by atoms with Crippen LogP contribution in [0.3, 0.4) is 0 Å². The van der Waals surface area contributed by atoms with E-state index in [0.29, 0.717) is 28.8 Å². The normalized spacial score (nSPS) is 15.7. The van der Waals surface area contributed by atoms with Gasteiger partial charge in [-0.25, -0.2) is 0 Å². The van der Waals surface area contributed by atoms with Crippen molar-refractivity contribution in [1.29, 1.82) is 0 Å². The van der Waals surface area contributed by atoms with Crippen molar-refractivity contribution in [1.82, 2.24) is 9.88 Å². The molecule has 3 aromatic rings. The van der Waals surface area contributed by atoms with E-state index in [1.807, 2.05) is 53.4 Å². The van der Waals surface area contributed by atoms with Gasteiger partial charge in [0.25, 0.3) is 5.56 Å². The van der Waals surface area contributed by atoms with Crippen LogP contribution in [0.4, 0.5) is 5.69 Å². The molecule has 162 valence electrons. The lowest BCUT2D eigenvalue weighted by Gasteiger charge is -2.28. The maximum atomic E-state index is 12.8. The fourth-order valence-electron chi connectivity index (χ4n) is 3.70. The van der Waals surface area contributed by atoms with Crippen LogP contribution in [0.2, 0.25) is 5.02 Å². The maximum absolute atomic E-state index is 12.8. The fourth-order valence-corrected chi connectivity index (χ4v) is 4.15. The number of aromatic nitrogens is 1. The highest BCUT2D eigenvalue weighted by Gasteiger charge is 2.22. The number of fused-ring (bicyclic) bond motifs is 1. The molecule has 0 bridgehead atoms. The molecule has 1 fully saturated rings. The lowest BCUT2D eigenvalue weighted by molar-refractivity contribution is 0.0904. The highest BCUT2D eigenvalue weighted by atomic mass is 35.5. The van der Waals surface area contributed by atoms with Crippen LogP contribution in [0.15, 0.2) is 53.3 Å². The second-order valence-corrected chi connectivity index (χ2v) is 8.36. The van der Waals surface area contributed by atoms with Crippen molar-refractivity contribution in [2.24, 2.45) is 0 Å². The molecule has 1 aliphatic rings. The highest BCUT2D eigenvalue weighted by Crippen LogP contribution is 2.21. The Bertz CT molecular complexity index is 1140. The third kappa shape index (κ3) is 5.36. The molecule has 1 unspecified atom stereocenters. The second kappa shape index (κ2) is 9.68. The van der Waals surface area contributed by atoms with Crippen LogP contribution < -0.4 is 15.6 Å². The van der Waals surface area contributed by atoms with Crippen LogP contribution in [0.5, 0.6) is 5.75 Å². The van der Waals surface area contributed by atoms with Gasteiger partial charge in [-0.1, -0.05) is 17.7 Å². The van der Waals surface area contributed by atoms with Gasteiger partial charge in [-0.15, -0.1) is 0 Å². The molecule has 0 saturated carbocycles. The summed E-state index contributed by atoms with van der Waals surface area (Å²) >= 11 is 11.8. The van der Waals surface area contributed by atoms with E-state index >= 15 is 0 Å². The van der Waals surface area contributed by atoms with E-state index < -0.39 is 0 Å². The predicted molar refractivity (Wildman–Crippen MR) is 128 cm³/mol. The van der Waals surface area contributed by atoms with Crippen molar-refractivity contribution in [3.63, 3.8) is 0 Å². The summed E-state index contributed by atoms with van der Waals surface area (Å²) in [7, 11) is 1.62. The van der Waals surface area contributed by atoms with Crippen LogP contribution in [0.25, 0.3) is 10.9 Å². The van der Waals surface area contributed by atoms with Crippen LogP contribution in [0.1, 0.15) is 18.4 Å². The molecule has 0 amide bonds. The molecule has 0 spiro atoms. The molecular weight excluding hydrogens is 434 g/mol. The Morgan fingerprint density at radius 1 is 1.32 bits per heavy atom. The Morgan fingerprint density at radius 2 is 2.19 bits per heavy atom. The van der Waals surface area contributed by atoms with E-state index in [9.17, 15) is 4.79 Å². The minimum atomic E-state index is -0.138. The number of thiocarbonyl (C=S) groups is 1. The van der Waals surface area contributed by atoms with Gasteiger partial charge in [0.2, 0.25) is 0 Å². The van der Waals surface area contributed by atoms with E-state index in [0.717, 1.165) is 41.8 Å². The Balaban J connectivity index is 1.61. The maximum Gasteiger partial charge on any atom is 0.253 e. The molecule has 2 heterocycles. The Morgan fingerprint density at radius 3 is 2.94 bits per heavy atom. The molecular formula is C23H24ClN3O3S. The van der Waals surface area contributed by atoms with Gasteiger partial charge in [0, 0.05) is 40.3 Å². The van der Waals surface area contributed by atoms with Crippen molar-refractivity contribution in [3.8, 4) is 5.75 Å². The zero-order valence-electron chi connectivity index (χ0n) is 17.2. The lowest BCUT2D eigenvalue weighted by atomic mass is 10.1. The average molecular weight is 458 g/mol. The molecule has 8 heteroatoms. The van der Waals surface area contributed by atoms with Gasteiger partial charge in [-0.05, 0) is 67.5 Å². The summed E-state index contributed by atoms with van der Waals surface area (Å²) in [5.41, 5.74) is 2.04. The topological polar surface area (TPSA) is 66.6 Å². The minimum absolute atomic E-state index is 0.0822. The van der Waals surface area contributed by atoms with Gasteiger partial charge >= 0.3 is 0 Å². The molecule has 1 atom stereocenters. The van der Waals surface area contributed by atoms with E-state index in [4.69, 9.17) is 33.3 Å². The Labute approximate surface area is 191 Å². The molecule has 1 aliphatic heterocycles. The SMILES string of the molecule is COc1ccc2[nH]c(=O)c(CN(CC3CCCO3)C(=S)Nc3cccc(Cl)c3)cc2c1. The smallest absolute Gasteiger partial charge is 0.253 e. The van der Waals surface area contributed by atoms with Gasteiger partial charge < -0.3 is 24.7 Å². The summed E-state index contributed by atoms with van der Waals surface area (Å²) in [5.74, 6) is 0.736. The van der Waals surface area contributed by atoms with Gasteiger partial charge in [-0.3, -0.25) is 4.79 Å². The Kier molecular flexibility index (Phi) is 6.75. The zero-order valence-corrected chi connectivity index (χ0v) is 18.8. The number of ether oxygens (including phenoxy) is 2. The number of pyridine rings is 1. The number of benzene rings is 2. The first-order valence-corrected chi connectivity index (χ1v) is 10.9. The van der Waals surface area contributed by atoms with Gasteiger partial charge in [0.1, 0.15) is 5.75 Å². The summed E-state index contributed by atoms with van der Waals surface area (Å²) < 4.78 is 11.1. The predicted octanol–water partition coefficient (Wildman–Crippen LogP) is 4.57. The van der Waals surface area contributed by atoms with Gasteiger partial charge in [0.05, 0.1) is 19.8 Å². The third-order valence-electron chi connectivity index (χ3n) is 5.30. The summed E-state index contributed by atoms with van der Waals surface area (Å²) in [6, 6.07) is 14.8. The number of hydrogen-bond donors (Lipinski definition) is 2. The molecule has 31 heavy (non-hydrogen) atoms. The highest BCUT2D eigenvalue weighted by molar-refractivity contribution is 7.80. The molecule has 0 radical (unpaired) electrons. The van der Waals surface area contributed by atoms with Crippen molar-refractivity contribution < 1.29 is 9.47 Å². The van der Waals surface area contributed by atoms with E-state index in [1.165, 1.54) is 0 Å². The first-order valence-electron chi connectivity index (χ1n) is 10.1. The van der Waals surface area contributed by atoms with Gasteiger partial charge in [0.15, 0.2) is 5.11 Å².